The summed E-state index contributed by atoms with van der Waals surface area (Å²) in [4.78, 5) is 4.77. The fraction of sp³-hybridized carbons (Fsp3) is 0.250. The van der Waals surface area contributed by atoms with E-state index in [0.29, 0.717) is 0 Å². The van der Waals surface area contributed by atoms with Gasteiger partial charge in [-0.2, -0.15) is 5.10 Å². The maximum atomic E-state index is 4.77. The van der Waals surface area contributed by atoms with Crippen molar-refractivity contribution in [3.63, 3.8) is 0 Å². The number of aromatic nitrogens is 6. The normalized spacial score (nSPS) is 11.6. The maximum absolute atomic E-state index is 4.77. The topological polar surface area (TPSA) is 60.9 Å². The molecule has 22 heavy (non-hydrogen) atoms. The van der Waals surface area contributed by atoms with Gasteiger partial charge in [-0.25, -0.2) is 9.67 Å². The lowest BCUT2D eigenvalue weighted by Gasteiger charge is -2.09. The van der Waals surface area contributed by atoms with Gasteiger partial charge in [0.15, 0.2) is 5.82 Å². The average molecular weight is 292 g/mol. The first-order chi connectivity index (χ1) is 10.7. The number of nitrogens with zero attached hydrogens (tertiary/aromatic N) is 6. The van der Waals surface area contributed by atoms with E-state index in [1.807, 2.05) is 48.9 Å². The molecule has 0 aliphatic carbocycles. The van der Waals surface area contributed by atoms with Crippen LogP contribution in [0.15, 0.2) is 30.3 Å². The second-order valence-corrected chi connectivity index (χ2v) is 5.39. The zero-order valence-corrected chi connectivity index (χ0v) is 12.8. The molecule has 0 spiro atoms. The lowest BCUT2D eigenvalue weighted by atomic mass is 10.3. The molecule has 6 nitrogen and oxygen atoms in total. The van der Waals surface area contributed by atoms with Crippen molar-refractivity contribution in [2.24, 2.45) is 0 Å². The van der Waals surface area contributed by atoms with E-state index in [1.54, 1.807) is 0 Å². The minimum Gasteiger partial charge on any atom is -0.274 e. The fourth-order valence-corrected chi connectivity index (χ4v) is 2.84. The summed E-state index contributed by atoms with van der Waals surface area (Å²) in [6, 6.07) is 10.1. The van der Waals surface area contributed by atoms with Crippen LogP contribution in [0, 0.1) is 13.8 Å². The lowest BCUT2D eigenvalue weighted by molar-refractivity contribution is 0.808. The summed E-state index contributed by atoms with van der Waals surface area (Å²) in [6.45, 7) is 6.07. The molecule has 0 bridgehead atoms. The first kappa shape index (κ1) is 12.9. The summed E-state index contributed by atoms with van der Waals surface area (Å²) in [7, 11) is 0. The molecule has 0 N–H and O–H groups in total. The molecule has 3 aromatic heterocycles. The van der Waals surface area contributed by atoms with Crippen molar-refractivity contribution in [1.29, 1.82) is 0 Å². The molecular formula is C16H16N6. The van der Waals surface area contributed by atoms with Crippen molar-refractivity contribution < 1.29 is 0 Å². The van der Waals surface area contributed by atoms with Gasteiger partial charge >= 0.3 is 0 Å². The average Bonchev–Trinajstić information content (AvgIpc) is 3.09. The summed E-state index contributed by atoms with van der Waals surface area (Å²) in [5.74, 6) is 1.65. The zero-order chi connectivity index (χ0) is 15.3. The molecule has 0 aliphatic rings. The van der Waals surface area contributed by atoms with Crippen LogP contribution in [0.3, 0.4) is 0 Å². The highest BCUT2D eigenvalue weighted by atomic mass is 15.4. The van der Waals surface area contributed by atoms with E-state index in [1.165, 1.54) is 0 Å². The molecule has 0 saturated heterocycles. The van der Waals surface area contributed by atoms with Gasteiger partial charge in [0, 0.05) is 12.1 Å². The van der Waals surface area contributed by atoms with Gasteiger partial charge in [-0.3, -0.25) is 4.40 Å². The van der Waals surface area contributed by atoms with E-state index >= 15 is 0 Å². The number of hydrogen-bond acceptors (Lipinski definition) is 4. The highest BCUT2D eigenvalue weighted by molar-refractivity contribution is 5.80. The predicted octanol–water partition coefficient (Wildman–Crippen LogP) is 2.64. The largest absolute Gasteiger partial charge is 0.274 e. The van der Waals surface area contributed by atoms with Gasteiger partial charge < -0.3 is 0 Å². The zero-order valence-electron chi connectivity index (χ0n) is 12.8. The molecular weight excluding hydrogens is 276 g/mol. The van der Waals surface area contributed by atoms with Crippen LogP contribution in [0.5, 0.6) is 0 Å². The standard InChI is InChI=1S/C16H16N6/c1-4-14-18-19-16-15(22-11(3)9-10(2)20-22)17-12-7-5-6-8-13(12)21(14)16/h5-9H,4H2,1-3H3. The van der Waals surface area contributed by atoms with Crippen LogP contribution in [-0.4, -0.2) is 29.4 Å². The third-order valence-corrected chi connectivity index (χ3v) is 3.81. The minimum absolute atomic E-state index is 0.719. The first-order valence-electron chi connectivity index (χ1n) is 7.35. The summed E-state index contributed by atoms with van der Waals surface area (Å²) >= 11 is 0. The molecule has 0 radical (unpaired) electrons. The van der Waals surface area contributed by atoms with Crippen molar-refractivity contribution in [1.82, 2.24) is 29.4 Å². The molecule has 6 heteroatoms. The van der Waals surface area contributed by atoms with E-state index in [4.69, 9.17) is 4.98 Å². The van der Waals surface area contributed by atoms with Gasteiger partial charge in [0.1, 0.15) is 5.82 Å². The molecule has 0 atom stereocenters. The molecule has 3 heterocycles. The summed E-state index contributed by atoms with van der Waals surface area (Å²) in [6.07, 6.45) is 0.811. The van der Waals surface area contributed by atoms with Crippen molar-refractivity contribution in [3.05, 3.63) is 47.5 Å². The second kappa shape index (κ2) is 4.62. The highest BCUT2D eigenvalue weighted by Crippen LogP contribution is 2.22. The number of rotatable bonds is 2. The number of para-hydroxylation sites is 2. The van der Waals surface area contributed by atoms with E-state index in [0.717, 1.165) is 46.1 Å². The fourth-order valence-electron chi connectivity index (χ4n) is 2.84. The Labute approximate surface area is 127 Å². The van der Waals surface area contributed by atoms with Gasteiger partial charge in [-0.15, -0.1) is 10.2 Å². The Morgan fingerprint density at radius 3 is 2.64 bits per heavy atom. The third kappa shape index (κ3) is 1.73. The number of aryl methyl sites for hydroxylation is 3. The van der Waals surface area contributed by atoms with Crippen molar-refractivity contribution in [2.45, 2.75) is 27.2 Å². The van der Waals surface area contributed by atoms with Crippen LogP contribution in [0.25, 0.3) is 22.5 Å². The van der Waals surface area contributed by atoms with Crippen LogP contribution in [0.4, 0.5) is 0 Å². The molecule has 0 fully saturated rings. The number of fused-ring (bicyclic) bond motifs is 3. The Hall–Kier alpha value is -2.76. The van der Waals surface area contributed by atoms with Gasteiger partial charge in [0.25, 0.3) is 0 Å². The Morgan fingerprint density at radius 1 is 1.09 bits per heavy atom. The van der Waals surface area contributed by atoms with Crippen LogP contribution in [0.2, 0.25) is 0 Å². The van der Waals surface area contributed by atoms with Crippen LogP contribution < -0.4 is 0 Å². The molecule has 0 saturated carbocycles. The van der Waals surface area contributed by atoms with Crippen molar-refractivity contribution >= 4 is 16.7 Å². The summed E-state index contributed by atoms with van der Waals surface area (Å²) in [5, 5.41) is 13.2. The van der Waals surface area contributed by atoms with Crippen molar-refractivity contribution in [3.8, 4) is 5.82 Å². The summed E-state index contributed by atoms with van der Waals surface area (Å²) < 4.78 is 3.92. The van der Waals surface area contributed by atoms with E-state index in [-0.39, 0.29) is 0 Å². The Kier molecular flexibility index (Phi) is 2.72. The lowest BCUT2D eigenvalue weighted by Crippen LogP contribution is -2.07. The number of benzene rings is 1. The van der Waals surface area contributed by atoms with Gasteiger partial charge in [0.2, 0.25) is 5.65 Å². The number of hydrogen-bond donors (Lipinski definition) is 0. The minimum atomic E-state index is 0.719. The maximum Gasteiger partial charge on any atom is 0.206 e. The third-order valence-electron chi connectivity index (χ3n) is 3.81. The van der Waals surface area contributed by atoms with E-state index < -0.39 is 0 Å². The molecule has 4 rings (SSSR count). The SMILES string of the molecule is CCc1nnc2c(-n3nc(C)cc3C)nc3ccccc3n12. The molecule has 0 amide bonds. The molecule has 0 unspecified atom stereocenters. The Morgan fingerprint density at radius 2 is 1.91 bits per heavy atom. The smallest absolute Gasteiger partial charge is 0.206 e. The van der Waals surface area contributed by atoms with Crippen LogP contribution >= 0.6 is 0 Å². The van der Waals surface area contributed by atoms with Crippen LogP contribution in [-0.2, 0) is 6.42 Å². The van der Waals surface area contributed by atoms with Gasteiger partial charge in [0.05, 0.1) is 16.7 Å². The molecule has 1 aromatic carbocycles. The Bertz CT molecular complexity index is 995. The quantitative estimate of drug-likeness (QED) is 0.570. The predicted molar refractivity (Wildman–Crippen MR) is 84.3 cm³/mol. The van der Waals surface area contributed by atoms with Gasteiger partial charge in [-0.05, 0) is 32.0 Å². The Balaban J connectivity index is 2.18. The highest BCUT2D eigenvalue weighted by Gasteiger charge is 2.17. The van der Waals surface area contributed by atoms with Crippen molar-refractivity contribution in [2.75, 3.05) is 0 Å². The monoisotopic (exact) mass is 292 g/mol. The molecule has 0 aliphatic heterocycles. The summed E-state index contributed by atoms with van der Waals surface area (Å²) in [5.41, 5.74) is 4.66. The van der Waals surface area contributed by atoms with Gasteiger partial charge in [-0.1, -0.05) is 19.1 Å². The van der Waals surface area contributed by atoms with E-state index in [2.05, 4.69) is 26.6 Å². The van der Waals surface area contributed by atoms with E-state index in [9.17, 15) is 0 Å². The second-order valence-electron chi connectivity index (χ2n) is 5.39. The molecule has 4 aromatic rings. The molecule has 110 valence electrons. The first-order valence-corrected chi connectivity index (χ1v) is 7.35. The van der Waals surface area contributed by atoms with Crippen LogP contribution in [0.1, 0.15) is 24.1 Å².